The first-order chi connectivity index (χ1) is 9.72. The fourth-order valence-corrected chi connectivity index (χ4v) is 2.29. The van der Waals surface area contributed by atoms with E-state index in [-0.39, 0.29) is 6.61 Å². The van der Waals surface area contributed by atoms with Crippen LogP contribution in [-0.2, 0) is 0 Å². The van der Waals surface area contributed by atoms with E-state index >= 15 is 0 Å². The molecule has 5 heteroatoms. The van der Waals surface area contributed by atoms with Crippen molar-refractivity contribution in [2.45, 2.75) is 0 Å². The van der Waals surface area contributed by atoms with Gasteiger partial charge in [-0.3, -0.25) is 0 Å². The van der Waals surface area contributed by atoms with Crippen molar-refractivity contribution in [2.24, 2.45) is 0 Å². The molecule has 0 aliphatic carbocycles. The van der Waals surface area contributed by atoms with Crippen molar-refractivity contribution in [3.63, 3.8) is 0 Å². The number of rotatable bonds is 4. The van der Waals surface area contributed by atoms with E-state index in [1.165, 1.54) is 0 Å². The number of para-hydroxylation sites is 2. The summed E-state index contributed by atoms with van der Waals surface area (Å²) in [6.45, 7) is 0.430. The van der Waals surface area contributed by atoms with Crippen LogP contribution in [0.1, 0.15) is 0 Å². The van der Waals surface area contributed by atoms with Crippen LogP contribution in [0.15, 0.2) is 54.6 Å². The van der Waals surface area contributed by atoms with Gasteiger partial charge >= 0.3 is 0 Å². The lowest BCUT2D eigenvalue weighted by Crippen LogP contribution is -2.36. The fraction of sp³-hybridized carbons (Fsp3) is 0.133. The number of hydrogen-bond acceptors (Lipinski definition) is 2. The summed E-state index contributed by atoms with van der Waals surface area (Å²) in [5.74, 6) is 0. The number of halogens is 1. The molecule has 0 atom stereocenters. The van der Waals surface area contributed by atoms with Crippen LogP contribution in [0.5, 0.6) is 0 Å². The number of aliphatic hydroxyl groups is 1. The van der Waals surface area contributed by atoms with Gasteiger partial charge in [-0.2, -0.15) is 0 Å². The highest BCUT2D eigenvalue weighted by molar-refractivity contribution is 7.80. The summed E-state index contributed by atoms with van der Waals surface area (Å²) >= 11 is 11.5. The Morgan fingerprint density at radius 2 is 1.75 bits per heavy atom. The van der Waals surface area contributed by atoms with E-state index < -0.39 is 0 Å². The quantitative estimate of drug-likeness (QED) is 0.847. The first kappa shape index (κ1) is 14.8. The van der Waals surface area contributed by atoms with Gasteiger partial charge in [0.25, 0.3) is 0 Å². The Kier molecular flexibility index (Phi) is 5.35. The summed E-state index contributed by atoms with van der Waals surface area (Å²) < 4.78 is 0. The van der Waals surface area contributed by atoms with E-state index in [0.29, 0.717) is 16.7 Å². The second kappa shape index (κ2) is 7.24. The molecule has 0 aliphatic heterocycles. The molecule has 0 bridgehead atoms. The minimum absolute atomic E-state index is 0.0131. The Hall–Kier alpha value is -1.62. The third-order valence-electron chi connectivity index (χ3n) is 2.75. The maximum Gasteiger partial charge on any atom is 0.178 e. The number of nitrogens with zero attached hydrogens (tertiary/aromatic N) is 1. The lowest BCUT2D eigenvalue weighted by molar-refractivity contribution is 0.306. The molecule has 0 amide bonds. The van der Waals surface area contributed by atoms with E-state index in [0.717, 1.165) is 11.4 Å². The standard InChI is InChI=1S/C15H15ClN2OS/c16-13-8-4-5-9-14(13)17-15(20)18(10-11-19)12-6-2-1-3-7-12/h1-9,19H,10-11H2,(H,17,20). The third-order valence-corrected chi connectivity index (χ3v) is 3.40. The molecule has 0 saturated carbocycles. The van der Waals surface area contributed by atoms with Gasteiger partial charge in [-0.1, -0.05) is 41.9 Å². The average Bonchev–Trinajstić information content (AvgIpc) is 2.48. The summed E-state index contributed by atoms with van der Waals surface area (Å²) in [6, 6.07) is 17.1. The minimum Gasteiger partial charge on any atom is -0.395 e. The van der Waals surface area contributed by atoms with E-state index in [1.54, 1.807) is 6.07 Å². The smallest absolute Gasteiger partial charge is 0.178 e. The van der Waals surface area contributed by atoms with Crippen LogP contribution < -0.4 is 10.2 Å². The maximum atomic E-state index is 9.21. The first-order valence-electron chi connectivity index (χ1n) is 6.21. The summed E-state index contributed by atoms with van der Waals surface area (Å²) in [7, 11) is 0. The zero-order valence-corrected chi connectivity index (χ0v) is 12.4. The molecule has 2 aromatic rings. The Labute approximate surface area is 128 Å². The lowest BCUT2D eigenvalue weighted by Gasteiger charge is -2.25. The van der Waals surface area contributed by atoms with Gasteiger partial charge in [-0.05, 0) is 36.5 Å². The first-order valence-corrected chi connectivity index (χ1v) is 7.00. The highest BCUT2D eigenvalue weighted by atomic mass is 35.5. The van der Waals surface area contributed by atoms with Gasteiger partial charge < -0.3 is 15.3 Å². The lowest BCUT2D eigenvalue weighted by atomic mass is 10.3. The third kappa shape index (κ3) is 3.70. The van der Waals surface area contributed by atoms with Crippen LogP contribution in [0.25, 0.3) is 0 Å². The summed E-state index contributed by atoms with van der Waals surface area (Å²) in [5, 5.41) is 13.4. The van der Waals surface area contributed by atoms with Crippen molar-refractivity contribution in [1.82, 2.24) is 0 Å². The predicted molar refractivity (Wildman–Crippen MR) is 88.5 cm³/mol. The molecule has 0 fully saturated rings. The number of benzene rings is 2. The van der Waals surface area contributed by atoms with E-state index in [4.69, 9.17) is 23.8 Å². The second-order valence-corrected chi connectivity index (χ2v) is 4.91. The molecule has 0 aliphatic rings. The van der Waals surface area contributed by atoms with E-state index in [1.807, 2.05) is 53.4 Å². The molecule has 0 aromatic heterocycles. The maximum absolute atomic E-state index is 9.21. The summed E-state index contributed by atoms with van der Waals surface area (Å²) in [5.41, 5.74) is 1.67. The van der Waals surface area contributed by atoms with Crippen molar-refractivity contribution < 1.29 is 5.11 Å². The molecule has 2 N–H and O–H groups in total. The highest BCUT2D eigenvalue weighted by Crippen LogP contribution is 2.22. The van der Waals surface area contributed by atoms with Gasteiger partial charge in [-0.15, -0.1) is 0 Å². The minimum atomic E-state index is 0.0131. The Morgan fingerprint density at radius 1 is 1.10 bits per heavy atom. The van der Waals surface area contributed by atoms with Crippen LogP contribution in [0.4, 0.5) is 11.4 Å². The molecular formula is C15H15ClN2OS. The number of aliphatic hydroxyl groups excluding tert-OH is 1. The highest BCUT2D eigenvalue weighted by Gasteiger charge is 2.12. The number of thiocarbonyl (C=S) groups is 1. The van der Waals surface area contributed by atoms with Crippen molar-refractivity contribution in [3.8, 4) is 0 Å². The van der Waals surface area contributed by atoms with Gasteiger partial charge in [0.2, 0.25) is 0 Å². The molecular weight excluding hydrogens is 292 g/mol. The summed E-state index contributed by atoms with van der Waals surface area (Å²) in [4.78, 5) is 1.83. The molecule has 0 radical (unpaired) electrons. The molecule has 2 aromatic carbocycles. The van der Waals surface area contributed by atoms with Crippen LogP contribution in [0.2, 0.25) is 5.02 Å². The second-order valence-electron chi connectivity index (χ2n) is 4.12. The Morgan fingerprint density at radius 3 is 2.40 bits per heavy atom. The normalized spacial score (nSPS) is 10.1. The van der Waals surface area contributed by atoms with Crippen molar-refractivity contribution in [2.75, 3.05) is 23.4 Å². The number of nitrogens with one attached hydrogen (secondary N) is 1. The summed E-state index contributed by atoms with van der Waals surface area (Å²) in [6.07, 6.45) is 0. The van der Waals surface area contributed by atoms with Crippen molar-refractivity contribution in [1.29, 1.82) is 0 Å². The zero-order chi connectivity index (χ0) is 14.4. The van der Waals surface area contributed by atoms with Gasteiger partial charge in [0.1, 0.15) is 0 Å². The monoisotopic (exact) mass is 306 g/mol. The van der Waals surface area contributed by atoms with Crippen LogP contribution in [0.3, 0.4) is 0 Å². The average molecular weight is 307 g/mol. The molecule has 20 heavy (non-hydrogen) atoms. The van der Waals surface area contributed by atoms with Gasteiger partial charge in [0.15, 0.2) is 5.11 Å². The van der Waals surface area contributed by atoms with Gasteiger partial charge in [0, 0.05) is 12.2 Å². The van der Waals surface area contributed by atoms with E-state index in [9.17, 15) is 5.11 Å². The Bertz CT molecular complexity index is 577. The molecule has 2 rings (SSSR count). The number of hydrogen-bond donors (Lipinski definition) is 2. The molecule has 104 valence electrons. The molecule has 0 unspecified atom stereocenters. The molecule has 0 heterocycles. The predicted octanol–water partition coefficient (Wildman–Crippen LogP) is 3.54. The zero-order valence-electron chi connectivity index (χ0n) is 10.8. The molecule has 3 nitrogen and oxygen atoms in total. The van der Waals surface area contributed by atoms with Gasteiger partial charge in [-0.25, -0.2) is 0 Å². The molecule has 0 saturated heterocycles. The number of anilines is 2. The van der Waals surface area contributed by atoms with Gasteiger partial charge in [0.05, 0.1) is 17.3 Å². The molecule has 0 spiro atoms. The van der Waals surface area contributed by atoms with Crippen molar-refractivity contribution in [3.05, 3.63) is 59.6 Å². The topological polar surface area (TPSA) is 35.5 Å². The van der Waals surface area contributed by atoms with Crippen molar-refractivity contribution >= 4 is 40.3 Å². The SMILES string of the molecule is OCCN(C(=S)Nc1ccccc1Cl)c1ccccc1. The largest absolute Gasteiger partial charge is 0.395 e. The van der Waals surface area contributed by atoms with Crippen LogP contribution in [-0.4, -0.2) is 23.4 Å². The van der Waals surface area contributed by atoms with Crippen LogP contribution >= 0.6 is 23.8 Å². The fourth-order valence-electron chi connectivity index (χ4n) is 1.80. The Balaban J connectivity index is 2.18. The van der Waals surface area contributed by atoms with E-state index in [2.05, 4.69) is 5.32 Å². The van der Waals surface area contributed by atoms with Crippen LogP contribution in [0, 0.1) is 0 Å².